The molecule has 2 heterocycles. The second kappa shape index (κ2) is 5.33. The highest BCUT2D eigenvalue weighted by Crippen LogP contribution is 2.26. The van der Waals surface area contributed by atoms with Crippen LogP contribution in [0, 0.1) is 0 Å². The third kappa shape index (κ3) is 2.42. The first kappa shape index (κ1) is 12.6. The summed E-state index contributed by atoms with van der Waals surface area (Å²) in [5.74, 6) is 0.636. The van der Waals surface area contributed by atoms with Crippen molar-refractivity contribution in [3.8, 4) is 11.5 Å². The van der Waals surface area contributed by atoms with Gasteiger partial charge in [0.2, 0.25) is 5.89 Å². The summed E-state index contributed by atoms with van der Waals surface area (Å²) in [5, 5.41) is 3.32. The van der Waals surface area contributed by atoms with Crippen molar-refractivity contribution in [2.75, 3.05) is 5.32 Å². The minimum Gasteiger partial charge on any atom is -0.436 e. The summed E-state index contributed by atoms with van der Waals surface area (Å²) in [5.41, 5.74) is 4.64. The van der Waals surface area contributed by atoms with Gasteiger partial charge in [0.1, 0.15) is 5.52 Å². The highest BCUT2D eigenvalue weighted by molar-refractivity contribution is 5.76. The third-order valence-corrected chi connectivity index (χ3v) is 3.39. The summed E-state index contributed by atoms with van der Waals surface area (Å²) in [6.45, 7) is 0. The lowest BCUT2D eigenvalue weighted by molar-refractivity contribution is 0.620. The van der Waals surface area contributed by atoms with Crippen LogP contribution in [0.4, 0.5) is 11.4 Å². The summed E-state index contributed by atoms with van der Waals surface area (Å²) in [6.07, 6.45) is 3.52. The molecule has 4 nitrogen and oxygen atoms in total. The quantitative estimate of drug-likeness (QED) is 0.596. The minimum absolute atomic E-state index is 0.636. The molecule has 22 heavy (non-hydrogen) atoms. The topological polar surface area (TPSA) is 51.0 Å². The van der Waals surface area contributed by atoms with Gasteiger partial charge in [-0.05, 0) is 48.5 Å². The zero-order valence-corrected chi connectivity index (χ0v) is 11.7. The molecule has 4 heteroatoms. The van der Waals surface area contributed by atoms with E-state index in [9.17, 15) is 0 Å². The number of pyridine rings is 1. The lowest BCUT2D eigenvalue weighted by atomic mass is 10.2. The molecule has 1 N–H and O–H groups in total. The molecule has 0 unspecified atom stereocenters. The fourth-order valence-electron chi connectivity index (χ4n) is 2.29. The number of nitrogens with zero attached hydrogens (tertiary/aromatic N) is 2. The van der Waals surface area contributed by atoms with Gasteiger partial charge in [-0.25, -0.2) is 4.98 Å². The number of para-hydroxylation sites is 2. The van der Waals surface area contributed by atoms with Crippen LogP contribution in [0.3, 0.4) is 0 Å². The molecule has 0 bridgehead atoms. The molecule has 4 rings (SSSR count). The van der Waals surface area contributed by atoms with Gasteiger partial charge in [0.15, 0.2) is 5.58 Å². The fourth-order valence-corrected chi connectivity index (χ4v) is 2.29. The second-order valence-corrected chi connectivity index (χ2v) is 4.92. The Kier molecular flexibility index (Phi) is 3.05. The van der Waals surface area contributed by atoms with Crippen molar-refractivity contribution in [3.63, 3.8) is 0 Å². The van der Waals surface area contributed by atoms with Gasteiger partial charge in [-0.3, -0.25) is 4.98 Å². The smallest absolute Gasteiger partial charge is 0.227 e. The number of fused-ring (bicyclic) bond motifs is 1. The van der Waals surface area contributed by atoms with E-state index in [0.29, 0.717) is 5.89 Å². The van der Waals surface area contributed by atoms with E-state index in [0.717, 1.165) is 28.0 Å². The summed E-state index contributed by atoms with van der Waals surface area (Å²) in [6, 6.07) is 19.6. The second-order valence-electron chi connectivity index (χ2n) is 4.92. The van der Waals surface area contributed by atoms with Crippen LogP contribution in [0.15, 0.2) is 77.5 Å². The highest BCUT2D eigenvalue weighted by atomic mass is 16.3. The highest BCUT2D eigenvalue weighted by Gasteiger charge is 2.07. The standard InChI is InChI=1S/C18H13N3O/c1-2-4-17-16(3-1)21-18(22-17)13-5-7-14(8-6-13)20-15-9-11-19-12-10-15/h1-12H,(H,19,20). The van der Waals surface area contributed by atoms with Crippen molar-refractivity contribution in [2.45, 2.75) is 0 Å². The monoisotopic (exact) mass is 287 g/mol. The maximum absolute atomic E-state index is 5.77. The van der Waals surface area contributed by atoms with Crippen molar-refractivity contribution in [2.24, 2.45) is 0 Å². The van der Waals surface area contributed by atoms with Gasteiger partial charge in [-0.15, -0.1) is 0 Å². The van der Waals surface area contributed by atoms with Crippen LogP contribution in [0.2, 0.25) is 0 Å². The molecule has 0 saturated heterocycles. The minimum atomic E-state index is 0.636. The molecule has 0 amide bonds. The van der Waals surface area contributed by atoms with Crippen LogP contribution in [-0.2, 0) is 0 Å². The first-order chi connectivity index (χ1) is 10.9. The molecule has 0 fully saturated rings. The Hall–Kier alpha value is -3.14. The van der Waals surface area contributed by atoms with Gasteiger partial charge in [0, 0.05) is 29.3 Å². The number of oxazole rings is 1. The third-order valence-electron chi connectivity index (χ3n) is 3.39. The van der Waals surface area contributed by atoms with Crippen molar-refractivity contribution >= 4 is 22.5 Å². The fraction of sp³-hybridized carbons (Fsp3) is 0. The Morgan fingerprint density at radius 1 is 0.773 bits per heavy atom. The molecule has 2 aromatic heterocycles. The average Bonchev–Trinajstić information content (AvgIpc) is 3.00. The first-order valence-electron chi connectivity index (χ1n) is 7.01. The summed E-state index contributed by atoms with van der Waals surface area (Å²) < 4.78 is 5.77. The largest absolute Gasteiger partial charge is 0.436 e. The van der Waals surface area contributed by atoms with E-state index in [-0.39, 0.29) is 0 Å². The average molecular weight is 287 g/mol. The molecule has 0 spiro atoms. The lowest BCUT2D eigenvalue weighted by Gasteiger charge is -2.06. The molecule has 0 aliphatic rings. The normalized spacial score (nSPS) is 10.7. The molecule has 0 saturated carbocycles. The Morgan fingerprint density at radius 2 is 1.50 bits per heavy atom. The number of nitrogens with one attached hydrogen (secondary N) is 1. The van der Waals surface area contributed by atoms with E-state index in [1.807, 2.05) is 60.7 Å². The zero-order chi connectivity index (χ0) is 14.8. The van der Waals surface area contributed by atoms with Gasteiger partial charge in [-0.1, -0.05) is 12.1 Å². The van der Waals surface area contributed by atoms with Crippen LogP contribution in [0.5, 0.6) is 0 Å². The van der Waals surface area contributed by atoms with Crippen LogP contribution in [0.1, 0.15) is 0 Å². The van der Waals surface area contributed by atoms with E-state index in [4.69, 9.17) is 4.42 Å². The molecule has 0 radical (unpaired) electrons. The number of rotatable bonds is 3. The number of aromatic nitrogens is 2. The van der Waals surface area contributed by atoms with Crippen molar-refractivity contribution in [3.05, 3.63) is 73.1 Å². The van der Waals surface area contributed by atoms with Crippen LogP contribution in [-0.4, -0.2) is 9.97 Å². The van der Waals surface area contributed by atoms with Crippen LogP contribution in [0.25, 0.3) is 22.6 Å². The van der Waals surface area contributed by atoms with Crippen molar-refractivity contribution in [1.29, 1.82) is 0 Å². The maximum Gasteiger partial charge on any atom is 0.227 e. The lowest BCUT2D eigenvalue weighted by Crippen LogP contribution is -1.89. The Bertz CT molecular complexity index is 865. The summed E-state index contributed by atoms with van der Waals surface area (Å²) >= 11 is 0. The predicted molar refractivity (Wildman–Crippen MR) is 87.0 cm³/mol. The van der Waals surface area contributed by atoms with E-state index in [1.165, 1.54) is 0 Å². The Balaban J connectivity index is 1.61. The number of benzene rings is 2. The van der Waals surface area contributed by atoms with Gasteiger partial charge >= 0.3 is 0 Å². The number of hydrogen-bond donors (Lipinski definition) is 1. The van der Waals surface area contributed by atoms with Gasteiger partial charge in [0.25, 0.3) is 0 Å². The van der Waals surface area contributed by atoms with E-state index < -0.39 is 0 Å². The SMILES string of the molecule is c1ccc2oc(-c3ccc(Nc4ccncc4)cc3)nc2c1. The van der Waals surface area contributed by atoms with E-state index in [1.54, 1.807) is 12.4 Å². The molecular weight excluding hydrogens is 274 g/mol. The van der Waals surface area contributed by atoms with Gasteiger partial charge in [-0.2, -0.15) is 0 Å². The molecule has 0 aliphatic heterocycles. The van der Waals surface area contributed by atoms with E-state index in [2.05, 4.69) is 15.3 Å². The Morgan fingerprint density at radius 3 is 2.27 bits per heavy atom. The summed E-state index contributed by atoms with van der Waals surface area (Å²) in [4.78, 5) is 8.50. The number of hydrogen-bond acceptors (Lipinski definition) is 4. The van der Waals surface area contributed by atoms with Gasteiger partial charge < -0.3 is 9.73 Å². The molecule has 0 atom stereocenters. The first-order valence-corrected chi connectivity index (χ1v) is 7.01. The van der Waals surface area contributed by atoms with Crippen molar-refractivity contribution < 1.29 is 4.42 Å². The summed E-state index contributed by atoms with van der Waals surface area (Å²) in [7, 11) is 0. The van der Waals surface area contributed by atoms with Crippen molar-refractivity contribution in [1.82, 2.24) is 9.97 Å². The predicted octanol–water partition coefficient (Wildman–Crippen LogP) is 4.63. The van der Waals surface area contributed by atoms with E-state index >= 15 is 0 Å². The van der Waals surface area contributed by atoms with Crippen LogP contribution < -0.4 is 5.32 Å². The van der Waals surface area contributed by atoms with Gasteiger partial charge in [0.05, 0.1) is 0 Å². The molecule has 0 aliphatic carbocycles. The maximum atomic E-state index is 5.77. The number of anilines is 2. The Labute approximate surface area is 127 Å². The molecule has 2 aromatic carbocycles. The molecule has 106 valence electrons. The molecular formula is C18H13N3O. The van der Waals surface area contributed by atoms with Crippen LogP contribution >= 0.6 is 0 Å². The molecule has 4 aromatic rings. The zero-order valence-electron chi connectivity index (χ0n) is 11.7.